The number of rotatable bonds is 4. The molecule has 1 N–H and O–H groups in total. The SMILES string of the molecule is Cl.O=C(CC1COCCN1)N1CCCC1Cc1ccccc1. The molecule has 5 heteroatoms. The number of carbonyl (C=O) groups excluding carboxylic acids is 1. The van der Waals surface area contributed by atoms with Gasteiger partial charge in [0.25, 0.3) is 0 Å². The summed E-state index contributed by atoms with van der Waals surface area (Å²) in [5, 5.41) is 3.37. The second-order valence-corrected chi connectivity index (χ2v) is 6.00. The van der Waals surface area contributed by atoms with Crippen LogP contribution in [0.15, 0.2) is 30.3 Å². The molecule has 2 fully saturated rings. The Bertz CT molecular complexity index is 463. The predicted molar refractivity (Wildman–Crippen MR) is 89.4 cm³/mol. The first-order chi connectivity index (χ1) is 10.3. The van der Waals surface area contributed by atoms with E-state index < -0.39 is 0 Å². The van der Waals surface area contributed by atoms with E-state index in [1.807, 2.05) is 6.07 Å². The summed E-state index contributed by atoms with van der Waals surface area (Å²) in [6, 6.07) is 11.0. The van der Waals surface area contributed by atoms with Gasteiger partial charge in [0.05, 0.1) is 13.2 Å². The molecule has 2 unspecified atom stereocenters. The van der Waals surface area contributed by atoms with Crippen molar-refractivity contribution >= 4 is 18.3 Å². The van der Waals surface area contributed by atoms with E-state index in [1.54, 1.807) is 0 Å². The molecule has 0 radical (unpaired) electrons. The molecule has 0 aromatic heterocycles. The van der Waals surface area contributed by atoms with Gasteiger partial charge in [0.1, 0.15) is 0 Å². The van der Waals surface area contributed by atoms with Crippen molar-refractivity contribution in [3.63, 3.8) is 0 Å². The average Bonchev–Trinajstić information content (AvgIpc) is 2.97. The Morgan fingerprint density at radius 3 is 2.86 bits per heavy atom. The molecule has 2 aliphatic rings. The number of halogens is 1. The van der Waals surface area contributed by atoms with Crippen LogP contribution in [-0.4, -0.2) is 49.2 Å². The van der Waals surface area contributed by atoms with Crippen molar-refractivity contribution < 1.29 is 9.53 Å². The number of carbonyl (C=O) groups is 1. The lowest BCUT2D eigenvalue weighted by molar-refractivity contribution is -0.133. The first kappa shape index (κ1) is 17.3. The predicted octanol–water partition coefficient (Wildman–Crippen LogP) is 2.02. The molecule has 22 heavy (non-hydrogen) atoms. The maximum absolute atomic E-state index is 12.5. The van der Waals surface area contributed by atoms with Crippen LogP contribution in [0.5, 0.6) is 0 Å². The van der Waals surface area contributed by atoms with Crippen LogP contribution >= 0.6 is 12.4 Å². The van der Waals surface area contributed by atoms with Gasteiger partial charge in [0.15, 0.2) is 0 Å². The number of benzene rings is 1. The molecular formula is C17H25ClN2O2. The van der Waals surface area contributed by atoms with E-state index in [1.165, 1.54) is 5.56 Å². The van der Waals surface area contributed by atoms with Crippen molar-refractivity contribution in [3.05, 3.63) is 35.9 Å². The summed E-state index contributed by atoms with van der Waals surface area (Å²) in [4.78, 5) is 14.6. The first-order valence-corrected chi connectivity index (χ1v) is 7.97. The number of nitrogens with one attached hydrogen (secondary N) is 1. The number of ether oxygens (including phenoxy) is 1. The van der Waals surface area contributed by atoms with Crippen LogP contribution in [0.1, 0.15) is 24.8 Å². The summed E-state index contributed by atoms with van der Waals surface area (Å²) in [6.07, 6.45) is 3.78. The Balaban J connectivity index is 0.00000176. The van der Waals surface area contributed by atoms with Gasteiger partial charge in [-0.25, -0.2) is 0 Å². The Hall–Kier alpha value is -1.10. The number of hydrogen-bond acceptors (Lipinski definition) is 3. The van der Waals surface area contributed by atoms with Crippen molar-refractivity contribution in [2.75, 3.05) is 26.3 Å². The normalized spacial score (nSPS) is 24.8. The van der Waals surface area contributed by atoms with Crippen LogP contribution in [0.25, 0.3) is 0 Å². The third-order valence-electron chi connectivity index (χ3n) is 4.43. The molecular weight excluding hydrogens is 300 g/mol. The second-order valence-electron chi connectivity index (χ2n) is 6.00. The largest absolute Gasteiger partial charge is 0.378 e. The highest BCUT2D eigenvalue weighted by atomic mass is 35.5. The lowest BCUT2D eigenvalue weighted by Gasteiger charge is -2.29. The summed E-state index contributed by atoms with van der Waals surface area (Å²) >= 11 is 0. The Kier molecular flexibility index (Phi) is 6.68. The molecule has 0 aliphatic carbocycles. The highest BCUT2D eigenvalue weighted by Crippen LogP contribution is 2.22. The van der Waals surface area contributed by atoms with Gasteiger partial charge in [-0.3, -0.25) is 4.79 Å². The van der Waals surface area contributed by atoms with Crippen molar-refractivity contribution in [1.29, 1.82) is 0 Å². The number of likely N-dealkylation sites (tertiary alicyclic amines) is 1. The Morgan fingerprint density at radius 1 is 1.32 bits per heavy atom. The van der Waals surface area contributed by atoms with Gasteiger partial charge in [0, 0.05) is 31.6 Å². The van der Waals surface area contributed by atoms with Gasteiger partial charge >= 0.3 is 0 Å². The zero-order valence-corrected chi connectivity index (χ0v) is 13.7. The summed E-state index contributed by atoms with van der Waals surface area (Å²) in [7, 11) is 0. The van der Waals surface area contributed by atoms with Gasteiger partial charge in [0.2, 0.25) is 5.91 Å². The maximum Gasteiger partial charge on any atom is 0.224 e. The highest BCUT2D eigenvalue weighted by molar-refractivity contribution is 5.85. The topological polar surface area (TPSA) is 41.6 Å². The molecule has 2 heterocycles. The quantitative estimate of drug-likeness (QED) is 0.921. The second kappa shape index (κ2) is 8.51. The minimum Gasteiger partial charge on any atom is -0.378 e. The third kappa shape index (κ3) is 4.45. The summed E-state index contributed by atoms with van der Waals surface area (Å²) < 4.78 is 5.43. The molecule has 0 bridgehead atoms. The van der Waals surface area contributed by atoms with E-state index in [-0.39, 0.29) is 24.4 Å². The smallest absolute Gasteiger partial charge is 0.224 e. The number of hydrogen-bond donors (Lipinski definition) is 1. The summed E-state index contributed by atoms with van der Waals surface area (Å²) in [6.45, 7) is 3.17. The van der Waals surface area contributed by atoms with Gasteiger partial charge in [-0.1, -0.05) is 30.3 Å². The molecule has 3 rings (SSSR count). The average molecular weight is 325 g/mol. The molecule has 1 amide bonds. The number of nitrogens with zero attached hydrogens (tertiary/aromatic N) is 1. The lowest BCUT2D eigenvalue weighted by atomic mass is 10.0. The summed E-state index contributed by atoms with van der Waals surface area (Å²) in [5.41, 5.74) is 1.32. The molecule has 4 nitrogen and oxygen atoms in total. The van der Waals surface area contributed by atoms with Crippen LogP contribution in [0.2, 0.25) is 0 Å². The monoisotopic (exact) mass is 324 g/mol. The van der Waals surface area contributed by atoms with Crippen LogP contribution in [0.4, 0.5) is 0 Å². The minimum atomic E-state index is 0. The molecule has 2 saturated heterocycles. The van der Waals surface area contributed by atoms with E-state index in [9.17, 15) is 4.79 Å². The first-order valence-electron chi connectivity index (χ1n) is 7.97. The zero-order chi connectivity index (χ0) is 14.5. The van der Waals surface area contributed by atoms with Crippen molar-refractivity contribution in [1.82, 2.24) is 10.2 Å². The Morgan fingerprint density at radius 2 is 2.14 bits per heavy atom. The van der Waals surface area contributed by atoms with E-state index in [0.29, 0.717) is 19.1 Å². The van der Waals surface area contributed by atoms with Crippen LogP contribution in [-0.2, 0) is 16.0 Å². The molecule has 1 aromatic carbocycles. The van der Waals surface area contributed by atoms with Gasteiger partial charge in [-0.15, -0.1) is 12.4 Å². The van der Waals surface area contributed by atoms with Gasteiger partial charge < -0.3 is 15.0 Å². The van der Waals surface area contributed by atoms with E-state index in [2.05, 4.69) is 34.5 Å². The molecule has 2 aliphatic heterocycles. The molecule has 2 atom stereocenters. The van der Waals surface area contributed by atoms with Crippen LogP contribution in [0, 0.1) is 0 Å². The Labute approximate surface area is 138 Å². The number of morpholine rings is 1. The van der Waals surface area contributed by atoms with Crippen LogP contribution < -0.4 is 5.32 Å². The fraction of sp³-hybridized carbons (Fsp3) is 0.588. The fourth-order valence-electron chi connectivity index (χ4n) is 3.34. The van der Waals surface area contributed by atoms with Gasteiger partial charge in [-0.2, -0.15) is 0 Å². The van der Waals surface area contributed by atoms with Crippen molar-refractivity contribution in [2.45, 2.75) is 37.8 Å². The lowest BCUT2D eigenvalue weighted by Crippen LogP contribution is -2.46. The molecule has 0 spiro atoms. The van der Waals surface area contributed by atoms with E-state index in [4.69, 9.17) is 4.74 Å². The highest BCUT2D eigenvalue weighted by Gasteiger charge is 2.30. The molecule has 0 saturated carbocycles. The summed E-state index contributed by atoms with van der Waals surface area (Å²) in [5.74, 6) is 0.274. The minimum absolute atomic E-state index is 0. The van der Waals surface area contributed by atoms with Gasteiger partial charge in [-0.05, 0) is 24.8 Å². The van der Waals surface area contributed by atoms with E-state index in [0.717, 1.165) is 39.0 Å². The third-order valence-corrected chi connectivity index (χ3v) is 4.43. The molecule has 1 aromatic rings. The fourth-order valence-corrected chi connectivity index (χ4v) is 3.34. The molecule has 122 valence electrons. The standard InChI is InChI=1S/C17H24N2O2.ClH/c20-17(12-15-13-21-10-8-18-15)19-9-4-7-16(19)11-14-5-2-1-3-6-14;/h1-3,5-6,15-16,18H,4,7-13H2;1H. The maximum atomic E-state index is 12.5. The van der Waals surface area contributed by atoms with Crippen molar-refractivity contribution in [2.24, 2.45) is 0 Å². The zero-order valence-electron chi connectivity index (χ0n) is 12.9. The van der Waals surface area contributed by atoms with E-state index >= 15 is 0 Å². The number of amides is 1. The van der Waals surface area contributed by atoms with Crippen molar-refractivity contribution in [3.8, 4) is 0 Å². The van der Waals surface area contributed by atoms with Crippen LogP contribution in [0.3, 0.4) is 0 Å².